The molecular formula is C27H22ClNO8. The van der Waals surface area contributed by atoms with Crippen LogP contribution in [0.25, 0.3) is 6.08 Å². The van der Waals surface area contributed by atoms with Crippen LogP contribution in [0, 0.1) is 0 Å². The molecule has 1 unspecified atom stereocenters. The molecule has 9 nitrogen and oxygen atoms in total. The molecule has 10 heteroatoms. The number of aliphatic carboxylic acids is 1. The van der Waals surface area contributed by atoms with Crippen LogP contribution < -0.4 is 18.9 Å². The molecule has 3 aromatic carbocycles. The fraction of sp³-hybridized carbons (Fsp3) is 0.185. The summed E-state index contributed by atoms with van der Waals surface area (Å²) >= 11 is 6.45. The average molecular weight is 524 g/mol. The zero-order valence-corrected chi connectivity index (χ0v) is 20.2. The van der Waals surface area contributed by atoms with Gasteiger partial charge in [0.15, 0.2) is 23.0 Å². The molecule has 2 heterocycles. The number of phenols is 1. The number of hydrogen-bond acceptors (Lipinski definition) is 7. The van der Waals surface area contributed by atoms with Gasteiger partial charge in [-0.2, -0.15) is 0 Å². The van der Waals surface area contributed by atoms with E-state index in [1.54, 1.807) is 48.5 Å². The van der Waals surface area contributed by atoms with Crippen LogP contribution in [-0.4, -0.2) is 46.6 Å². The van der Waals surface area contributed by atoms with E-state index in [1.807, 2.05) is 0 Å². The molecule has 190 valence electrons. The molecule has 0 spiro atoms. The van der Waals surface area contributed by atoms with Crippen LogP contribution in [0.2, 0.25) is 5.02 Å². The van der Waals surface area contributed by atoms with E-state index in [4.69, 9.17) is 30.5 Å². The second kappa shape index (κ2) is 10.3. The van der Waals surface area contributed by atoms with Crippen molar-refractivity contribution in [1.82, 2.24) is 4.90 Å². The Kier molecular flexibility index (Phi) is 6.78. The molecule has 37 heavy (non-hydrogen) atoms. The van der Waals surface area contributed by atoms with E-state index in [0.29, 0.717) is 44.7 Å². The Morgan fingerprint density at radius 3 is 2.27 bits per heavy atom. The van der Waals surface area contributed by atoms with Crippen LogP contribution in [0.5, 0.6) is 28.7 Å². The van der Waals surface area contributed by atoms with Crippen molar-refractivity contribution in [1.29, 1.82) is 0 Å². The van der Waals surface area contributed by atoms with Gasteiger partial charge in [-0.15, -0.1) is 0 Å². The Morgan fingerprint density at radius 2 is 1.57 bits per heavy atom. The van der Waals surface area contributed by atoms with Gasteiger partial charge in [-0.1, -0.05) is 29.8 Å². The molecule has 5 rings (SSSR count). The van der Waals surface area contributed by atoms with E-state index in [0.717, 1.165) is 0 Å². The lowest BCUT2D eigenvalue weighted by molar-refractivity contribution is -0.148. The number of nitrogens with zero attached hydrogens (tertiary/aromatic N) is 1. The minimum atomic E-state index is -1.22. The number of rotatable bonds is 8. The Morgan fingerprint density at radius 1 is 0.919 bits per heavy atom. The monoisotopic (exact) mass is 523 g/mol. The van der Waals surface area contributed by atoms with E-state index >= 15 is 0 Å². The molecule has 2 N–H and O–H groups in total. The van der Waals surface area contributed by atoms with Gasteiger partial charge < -0.3 is 34.1 Å². The van der Waals surface area contributed by atoms with Gasteiger partial charge in [-0.05, 0) is 53.1 Å². The Bertz CT molecular complexity index is 1370. The second-order valence-electron chi connectivity index (χ2n) is 8.43. The van der Waals surface area contributed by atoms with Crippen molar-refractivity contribution < 1.29 is 38.7 Å². The van der Waals surface area contributed by atoms with E-state index in [1.165, 1.54) is 23.1 Å². The van der Waals surface area contributed by atoms with Crippen molar-refractivity contribution in [3.63, 3.8) is 0 Å². The third-order valence-corrected chi connectivity index (χ3v) is 6.36. The number of carboxylic acids is 1. The summed E-state index contributed by atoms with van der Waals surface area (Å²) in [5, 5.41) is 20.0. The molecule has 3 aromatic rings. The smallest absolute Gasteiger partial charge is 0.326 e. The van der Waals surface area contributed by atoms with E-state index < -0.39 is 17.9 Å². The minimum absolute atomic E-state index is 0.0153. The predicted octanol–water partition coefficient (Wildman–Crippen LogP) is 4.24. The first-order valence-corrected chi connectivity index (χ1v) is 11.7. The van der Waals surface area contributed by atoms with Crippen LogP contribution >= 0.6 is 11.6 Å². The standard InChI is InChI=1S/C27H22ClNO8/c28-20-12-25-24(36-15-37-25)11-18(20)13-29(21(27(32)33)9-16-1-5-19(30)6-2-16)26(31)8-4-17-3-7-22-23(10-17)35-14-34-22/h1-8,10-12,21,30H,9,13-15H2,(H,32,33)/b8-4+. The van der Waals surface area contributed by atoms with Crippen LogP contribution in [0.15, 0.2) is 60.7 Å². The Hall–Kier alpha value is -4.37. The van der Waals surface area contributed by atoms with E-state index in [2.05, 4.69) is 0 Å². The fourth-order valence-corrected chi connectivity index (χ4v) is 4.29. The maximum atomic E-state index is 13.5. The summed E-state index contributed by atoms with van der Waals surface area (Å²) in [5.41, 5.74) is 1.83. The number of fused-ring (bicyclic) bond motifs is 2. The average Bonchev–Trinajstić information content (AvgIpc) is 3.54. The maximum Gasteiger partial charge on any atom is 0.326 e. The molecule has 1 atom stereocenters. The SMILES string of the molecule is O=C(O)C(Cc1ccc(O)cc1)N(Cc1cc2c(cc1Cl)OCO2)C(=O)/C=C/c1ccc2c(c1)OCO2. The number of carbonyl (C=O) groups excluding carboxylic acids is 1. The van der Waals surface area contributed by atoms with Crippen molar-refractivity contribution >= 4 is 29.6 Å². The molecule has 0 saturated heterocycles. The normalized spacial score (nSPS) is 14.1. The molecule has 0 fully saturated rings. The first kappa shape index (κ1) is 24.3. The topological polar surface area (TPSA) is 115 Å². The van der Waals surface area contributed by atoms with Crippen molar-refractivity contribution in [2.24, 2.45) is 0 Å². The maximum absolute atomic E-state index is 13.5. The number of hydrogen-bond donors (Lipinski definition) is 2. The molecule has 0 radical (unpaired) electrons. The third-order valence-electron chi connectivity index (χ3n) is 6.01. The van der Waals surface area contributed by atoms with Gasteiger partial charge in [0.05, 0.1) is 0 Å². The largest absolute Gasteiger partial charge is 0.508 e. The number of carboxylic acid groups (broad SMARTS) is 1. The number of ether oxygens (including phenoxy) is 4. The van der Waals surface area contributed by atoms with Crippen molar-refractivity contribution in [3.05, 3.63) is 82.4 Å². The number of amides is 1. The quantitative estimate of drug-likeness (QED) is 0.421. The summed E-state index contributed by atoms with van der Waals surface area (Å²) in [6, 6.07) is 13.4. The second-order valence-corrected chi connectivity index (χ2v) is 8.84. The molecule has 0 saturated carbocycles. The zero-order chi connectivity index (χ0) is 25.9. The van der Waals surface area contributed by atoms with Gasteiger partial charge in [0.25, 0.3) is 0 Å². The molecule has 2 aliphatic heterocycles. The lowest BCUT2D eigenvalue weighted by atomic mass is 10.0. The summed E-state index contributed by atoms with van der Waals surface area (Å²) in [4.78, 5) is 27.1. The first-order valence-electron chi connectivity index (χ1n) is 11.3. The summed E-state index contributed by atoms with van der Waals surface area (Å²) in [6.45, 7) is 0.0898. The number of carbonyl (C=O) groups is 2. The van der Waals surface area contributed by atoms with Crippen LogP contribution in [0.4, 0.5) is 0 Å². The number of halogens is 1. The van der Waals surface area contributed by atoms with Gasteiger partial charge >= 0.3 is 5.97 Å². The van der Waals surface area contributed by atoms with Gasteiger partial charge in [0, 0.05) is 30.1 Å². The highest BCUT2D eigenvalue weighted by molar-refractivity contribution is 6.31. The summed E-state index contributed by atoms with van der Waals surface area (Å²) in [6.07, 6.45) is 2.91. The Balaban J connectivity index is 1.46. The number of benzene rings is 3. The predicted molar refractivity (Wildman–Crippen MR) is 133 cm³/mol. The summed E-state index contributed by atoms with van der Waals surface area (Å²) < 4.78 is 21.5. The van der Waals surface area contributed by atoms with Crippen LogP contribution in [0.1, 0.15) is 16.7 Å². The molecule has 0 bridgehead atoms. The van der Waals surface area contributed by atoms with E-state index in [-0.39, 0.29) is 32.3 Å². The molecule has 0 aliphatic carbocycles. The van der Waals surface area contributed by atoms with Crippen LogP contribution in [0.3, 0.4) is 0 Å². The van der Waals surface area contributed by atoms with Crippen molar-refractivity contribution in [2.45, 2.75) is 19.0 Å². The summed E-state index contributed by atoms with van der Waals surface area (Å²) in [7, 11) is 0. The van der Waals surface area contributed by atoms with Gasteiger partial charge in [0.2, 0.25) is 19.5 Å². The summed E-state index contributed by atoms with van der Waals surface area (Å²) in [5.74, 6) is 0.466. The van der Waals surface area contributed by atoms with Gasteiger partial charge in [0.1, 0.15) is 11.8 Å². The van der Waals surface area contributed by atoms with Crippen molar-refractivity contribution in [3.8, 4) is 28.7 Å². The lowest BCUT2D eigenvalue weighted by Gasteiger charge is -2.29. The highest BCUT2D eigenvalue weighted by Crippen LogP contribution is 2.37. The highest BCUT2D eigenvalue weighted by Gasteiger charge is 2.30. The minimum Gasteiger partial charge on any atom is -0.508 e. The lowest BCUT2D eigenvalue weighted by Crippen LogP contribution is -2.45. The third kappa shape index (κ3) is 5.41. The van der Waals surface area contributed by atoms with Gasteiger partial charge in [-0.3, -0.25) is 4.79 Å². The van der Waals surface area contributed by atoms with Crippen molar-refractivity contribution in [2.75, 3.05) is 13.6 Å². The molecular weight excluding hydrogens is 502 g/mol. The van der Waals surface area contributed by atoms with E-state index in [9.17, 15) is 19.8 Å². The van der Waals surface area contributed by atoms with Gasteiger partial charge in [-0.25, -0.2) is 4.79 Å². The molecule has 1 amide bonds. The first-order chi connectivity index (χ1) is 17.9. The molecule has 0 aromatic heterocycles. The molecule has 2 aliphatic rings. The number of phenolic OH excluding ortho intramolecular Hbond substituents is 1. The highest BCUT2D eigenvalue weighted by atomic mass is 35.5. The fourth-order valence-electron chi connectivity index (χ4n) is 4.07. The number of aromatic hydroxyl groups is 1. The Labute approximate surface area is 217 Å². The zero-order valence-electron chi connectivity index (χ0n) is 19.4. The van der Waals surface area contributed by atoms with Crippen LogP contribution in [-0.2, 0) is 22.6 Å².